The van der Waals surface area contributed by atoms with E-state index < -0.39 is 0 Å². The van der Waals surface area contributed by atoms with Crippen molar-refractivity contribution in [3.05, 3.63) is 17.7 Å². The highest BCUT2D eigenvalue weighted by Crippen LogP contribution is 2.17. The molecule has 2 heterocycles. The van der Waals surface area contributed by atoms with E-state index >= 15 is 0 Å². The number of aryl methyl sites for hydroxylation is 1. The third kappa shape index (κ3) is 2.14. The van der Waals surface area contributed by atoms with E-state index in [1.54, 1.807) is 11.2 Å². The van der Waals surface area contributed by atoms with Gasteiger partial charge in [-0.3, -0.25) is 0 Å². The van der Waals surface area contributed by atoms with Crippen molar-refractivity contribution in [3.8, 4) is 0 Å². The number of carbonyl (C=O) groups excluding carboxylic acids is 1. The molecule has 16 heavy (non-hydrogen) atoms. The molecule has 0 radical (unpaired) electrons. The van der Waals surface area contributed by atoms with Crippen molar-refractivity contribution in [2.75, 3.05) is 19.0 Å². The summed E-state index contributed by atoms with van der Waals surface area (Å²) in [6.45, 7) is 1.48. The number of imidazole rings is 1. The van der Waals surface area contributed by atoms with E-state index in [9.17, 15) is 4.79 Å². The quantitative estimate of drug-likeness (QED) is 0.733. The monoisotopic (exact) mass is 243 g/mol. The van der Waals surface area contributed by atoms with Crippen LogP contribution >= 0.6 is 11.6 Å². The van der Waals surface area contributed by atoms with E-state index in [1.165, 1.54) is 0 Å². The molecule has 0 saturated carbocycles. The Kier molecular flexibility index (Phi) is 3.33. The molecule has 0 aromatic carbocycles. The van der Waals surface area contributed by atoms with Crippen LogP contribution in [-0.4, -0.2) is 39.6 Å². The second-order valence-corrected chi connectivity index (χ2v) is 4.10. The average molecular weight is 244 g/mol. The molecule has 0 N–H and O–H groups in total. The van der Waals surface area contributed by atoms with Crippen molar-refractivity contribution in [3.63, 3.8) is 0 Å². The summed E-state index contributed by atoms with van der Waals surface area (Å²) in [6.07, 6.45) is 2.26. The smallest absolute Gasteiger partial charge is 0.410 e. The van der Waals surface area contributed by atoms with Crippen LogP contribution in [-0.2, 0) is 24.8 Å². The van der Waals surface area contributed by atoms with Gasteiger partial charge in [-0.25, -0.2) is 9.78 Å². The summed E-state index contributed by atoms with van der Waals surface area (Å²) in [7, 11) is 1.93. The number of rotatable bonds is 2. The first-order valence-corrected chi connectivity index (χ1v) is 5.72. The Morgan fingerprint density at radius 1 is 1.69 bits per heavy atom. The molecule has 0 spiro atoms. The number of alkyl halides is 1. The molecule has 0 atom stereocenters. The molecule has 0 saturated heterocycles. The summed E-state index contributed by atoms with van der Waals surface area (Å²) in [5.41, 5.74) is 2.15. The number of halogens is 1. The van der Waals surface area contributed by atoms with Gasteiger partial charge in [0.15, 0.2) is 0 Å². The van der Waals surface area contributed by atoms with Crippen molar-refractivity contribution in [1.29, 1.82) is 0 Å². The number of aromatic nitrogens is 2. The van der Waals surface area contributed by atoms with Gasteiger partial charge in [0, 0.05) is 20.0 Å². The molecule has 1 aliphatic rings. The third-order valence-corrected chi connectivity index (χ3v) is 2.82. The molecule has 0 unspecified atom stereocenters. The molecule has 1 amide bonds. The number of fused-ring (bicyclic) bond motifs is 1. The van der Waals surface area contributed by atoms with Crippen LogP contribution in [0.2, 0.25) is 0 Å². The molecule has 1 aromatic rings. The van der Waals surface area contributed by atoms with Crippen molar-refractivity contribution in [2.24, 2.45) is 7.05 Å². The average Bonchev–Trinajstić information content (AvgIpc) is 2.67. The van der Waals surface area contributed by atoms with Crippen molar-refractivity contribution >= 4 is 17.7 Å². The third-order valence-electron chi connectivity index (χ3n) is 2.67. The van der Waals surface area contributed by atoms with Crippen LogP contribution in [0.15, 0.2) is 6.33 Å². The van der Waals surface area contributed by atoms with E-state index in [-0.39, 0.29) is 12.7 Å². The fourth-order valence-corrected chi connectivity index (χ4v) is 1.87. The van der Waals surface area contributed by atoms with Gasteiger partial charge >= 0.3 is 6.09 Å². The lowest BCUT2D eigenvalue weighted by atomic mass is 10.1. The zero-order chi connectivity index (χ0) is 11.5. The highest BCUT2D eigenvalue weighted by Gasteiger charge is 2.24. The minimum Gasteiger partial charge on any atom is -0.448 e. The van der Waals surface area contributed by atoms with Crippen LogP contribution in [0.5, 0.6) is 0 Å². The second-order valence-electron chi connectivity index (χ2n) is 3.72. The lowest BCUT2D eigenvalue weighted by Gasteiger charge is -2.26. The Morgan fingerprint density at radius 3 is 3.25 bits per heavy atom. The van der Waals surface area contributed by atoms with E-state index in [4.69, 9.17) is 16.3 Å². The number of amides is 1. The maximum Gasteiger partial charge on any atom is 0.410 e. The van der Waals surface area contributed by atoms with Crippen LogP contribution in [0.1, 0.15) is 11.4 Å². The molecule has 2 rings (SSSR count). The van der Waals surface area contributed by atoms with Gasteiger partial charge in [-0.05, 0) is 0 Å². The molecular formula is C10H14ClN3O2. The first kappa shape index (κ1) is 11.3. The largest absolute Gasteiger partial charge is 0.448 e. The van der Waals surface area contributed by atoms with Gasteiger partial charge in [0.25, 0.3) is 0 Å². The summed E-state index contributed by atoms with van der Waals surface area (Å²) < 4.78 is 6.93. The van der Waals surface area contributed by atoms with Gasteiger partial charge in [-0.2, -0.15) is 0 Å². The number of ether oxygens (including phenoxy) is 1. The maximum absolute atomic E-state index is 11.6. The van der Waals surface area contributed by atoms with Gasteiger partial charge in [0.2, 0.25) is 0 Å². The van der Waals surface area contributed by atoms with Crippen molar-refractivity contribution < 1.29 is 9.53 Å². The Bertz CT molecular complexity index is 391. The molecular weight excluding hydrogens is 230 g/mol. The van der Waals surface area contributed by atoms with Crippen LogP contribution in [0, 0.1) is 0 Å². The summed E-state index contributed by atoms with van der Waals surface area (Å²) in [5.74, 6) is 0.330. The Morgan fingerprint density at radius 2 is 2.50 bits per heavy atom. The summed E-state index contributed by atoms with van der Waals surface area (Å²) in [6, 6.07) is 0. The predicted molar refractivity (Wildman–Crippen MR) is 59.4 cm³/mol. The molecule has 1 aromatic heterocycles. The van der Waals surface area contributed by atoms with Crippen molar-refractivity contribution in [1.82, 2.24) is 14.5 Å². The first-order chi connectivity index (χ1) is 7.72. The van der Waals surface area contributed by atoms with Gasteiger partial charge in [-0.15, -0.1) is 11.6 Å². The molecule has 0 bridgehead atoms. The van der Waals surface area contributed by atoms with Gasteiger partial charge < -0.3 is 14.2 Å². The zero-order valence-corrected chi connectivity index (χ0v) is 9.90. The van der Waals surface area contributed by atoms with E-state index in [2.05, 4.69) is 4.98 Å². The van der Waals surface area contributed by atoms with Gasteiger partial charge in [0.05, 0.1) is 30.1 Å². The summed E-state index contributed by atoms with van der Waals surface area (Å²) in [5, 5.41) is 0. The van der Waals surface area contributed by atoms with Crippen LogP contribution < -0.4 is 0 Å². The minimum atomic E-state index is -0.299. The van der Waals surface area contributed by atoms with E-state index in [0.29, 0.717) is 19.0 Å². The molecule has 1 aliphatic heterocycles. The van der Waals surface area contributed by atoms with Crippen LogP contribution in [0.25, 0.3) is 0 Å². The maximum atomic E-state index is 11.6. The zero-order valence-electron chi connectivity index (χ0n) is 9.15. The first-order valence-electron chi connectivity index (χ1n) is 5.19. The fourth-order valence-electron chi connectivity index (χ4n) is 1.79. The summed E-state index contributed by atoms with van der Waals surface area (Å²) in [4.78, 5) is 17.6. The lowest BCUT2D eigenvalue weighted by molar-refractivity contribution is 0.102. The molecule has 0 aliphatic carbocycles. The van der Waals surface area contributed by atoms with Crippen LogP contribution in [0.3, 0.4) is 0 Å². The number of carbonyl (C=O) groups is 1. The van der Waals surface area contributed by atoms with E-state index in [1.807, 2.05) is 11.6 Å². The Hall–Kier alpha value is -1.23. The van der Waals surface area contributed by atoms with Crippen molar-refractivity contribution in [2.45, 2.75) is 13.0 Å². The standard InChI is InChI=1S/C10H14ClN3O2/c1-13-7-12-8-2-4-14(6-9(8)13)10(15)16-5-3-11/h7H,2-6H2,1H3. The van der Waals surface area contributed by atoms with E-state index in [0.717, 1.165) is 17.8 Å². The predicted octanol–water partition coefficient (Wildman–Crippen LogP) is 1.15. The topological polar surface area (TPSA) is 47.4 Å². The van der Waals surface area contributed by atoms with Crippen LogP contribution in [0.4, 0.5) is 4.79 Å². The normalized spacial score (nSPS) is 14.8. The number of hydrogen-bond donors (Lipinski definition) is 0. The molecule has 88 valence electrons. The number of hydrogen-bond acceptors (Lipinski definition) is 3. The molecule has 5 nitrogen and oxygen atoms in total. The fraction of sp³-hybridized carbons (Fsp3) is 0.600. The number of nitrogens with zero attached hydrogens (tertiary/aromatic N) is 3. The molecule has 6 heteroatoms. The minimum absolute atomic E-state index is 0.259. The highest BCUT2D eigenvalue weighted by molar-refractivity contribution is 6.18. The van der Waals surface area contributed by atoms with Gasteiger partial charge in [-0.1, -0.05) is 0 Å². The Balaban J connectivity index is 2.01. The summed E-state index contributed by atoms with van der Waals surface area (Å²) >= 11 is 5.46. The molecule has 0 fully saturated rings. The van der Waals surface area contributed by atoms with Gasteiger partial charge in [0.1, 0.15) is 6.61 Å². The highest BCUT2D eigenvalue weighted by atomic mass is 35.5. The second kappa shape index (κ2) is 4.74. The lowest BCUT2D eigenvalue weighted by Crippen LogP contribution is -2.37. The SMILES string of the molecule is Cn1cnc2c1CN(C(=O)OCCCl)CC2. The Labute approximate surface area is 99.0 Å².